The number of anilines is 2. The van der Waals surface area contributed by atoms with Gasteiger partial charge in [0.05, 0.1) is 12.3 Å². The quantitative estimate of drug-likeness (QED) is 0.235. The van der Waals surface area contributed by atoms with Crippen molar-refractivity contribution in [1.82, 2.24) is 0 Å². The van der Waals surface area contributed by atoms with Crippen LogP contribution >= 0.6 is 23.5 Å². The number of ether oxygens (including phenoxy) is 2. The monoisotopic (exact) mass is 515 g/mol. The highest BCUT2D eigenvalue weighted by atomic mass is 32.2. The lowest BCUT2D eigenvalue weighted by Gasteiger charge is -2.37. The van der Waals surface area contributed by atoms with Crippen LogP contribution in [0.1, 0.15) is 65.9 Å². The summed E-state index contributed by atoms with van der Waals surface area (Å²) >= 11 is 3.70. The van der Waals surface area contributed by atoms with Gasteiger partial charge < -0.3 is 14.4 Å². The molecule has 6 heteroatoms. The van der Waals surface area contributed by atoms with E-state index in [1.165, 1.54) is 46.8 Å². The van der Waals surface area contributed by atoms with Gasteiger partial charge >= 0.3 is 5.97 Å². The van der Waals surface area contributed by atoms with E-state index >= 15 is 0 Å². The maximum atomic E-state index is 12.1. The summed E-state index contributed by atoms with van der Waals surface area (Å²) in [6.07, 6.45) is 6.99. The lowest BCUT2D eigenvalue weighted by atomic mass is 9.81. The lowest BCUT2D eigenvalue weighted by molar-refractivity contribution is -0.160. The number of esters is 1. The molecule has 0 bridgehead atoms. The number of hydrogen-bond acceptors (Lipinski definition) is 6. The molecule has 0 aromatic heterocycles. The SMILES string of the molecule is CCCCC1(CC)CSc2cc(COCC(=O)OC(C)(C)C)c(SC)cc2N(c2ccccc2)C1. The fourth-order valence-corrected chi connectivity index (χ4v) is 6.52. The molecule has 2 aromatic rings. The minimum atomic E-state index is -0.504. The Morgan fingerprint density at radius 3 is 2.54 bits per heavy atom. The van der Waals surface area contributed by atoms with Crippen molar-refractivity contribution in [3.63, 3.8) is 0 Å². The van der Waals surface area contributed by atoms with E-state index in [1.807, 2.05) is 32.5 Å². The van der Waals surface area contributed by atoms with Crippen molar-refractivity contribution < 1.29 is 14.3 Å². The molecule has 1 heterocycles. The van der Waals surface area contributed by atoms with Crippen molar-refractivity contribution >= 4 is 40.9 Å². The van der Waals surface area contributed by atoms with Gasteiger partial charge in [-0.1, -0.05) is 44.9 Å². The Morgan fingerprint density at radius 2 is 1.91 bits per heavy atom. The van der Waals surface area contributed by atoms with Gasteiger partial charge in [-0.25, -0.2) is 4.79 Å². The van der Waals surface area contributed by atoms with E-state index < -0.39 is 5.60 Å². The molecule has 0 radical (unpaired) electrons. The predicted octanol–water partition coefficient (Wildman–Crippen LogP) is 8.10. The lowest BCUT2D eigenvalue weighted by Crippen LogP contribution is -2.36. The molecule has 1 aliphatic rings. The Morgan fingerprint density at radius 1 is 1.17 bits per heavy atom. The average Bonchev–Trinajstić information content (AvgIpc) is 2.99. The summed E-state index contributed by atoms with van der Waals surface area (Å²) in [6.45, 7) is 11.6. The molecule has 0 spiro atoms. The van der Waals surface area contributed by atoms with Crippen LogP contribution < -0.4 is 4.90 Å². The molecule has 35 heavy (non-hydrogen) atoms. The second-order valence-electron chi connectivity index (χ2n) is 10.4. The van der Waals surface area contributed by atoms with Crippen LogP contribution in [0.25, 0.3) is 0 Å². The molecule has 4 nitrogen and oxygen atoms in total. The fourth-order valence-electron chi connectivity index (χ4n) is 4.46. The summed E-state index contributed by atoms with van der Waals surface area (Å²) in [5.74, 6) is 0.780. The third kappa shape index (κ3) is 7.68. The first-order chi connectivity index (χ1) is 16.7. The number of benzene rings is 2. The molecule has 0 amide bonds. The highest BCUT2D eigenvalue weighted by molar-refractivity contribution is 7.99. The van der Waals surface area contributed by atoms with Crippen molar-refractivity contribution in [2.24, 2.45) is 5.41 Å². The summed E-state index contributed by atoms with van der Waals surface area (Å²) in [7, 11) is 0. The van der Waals surface area contributed by atoms with Crippen LogP contribution in [0.2, 0.25) is 0 Å². The van der Waals surface area contributed by atoms with Crippen LogP contribution in [0.4, 0.5) is 11.4 Å². The molecule has 2 aromatic carbocycles. The van der Waals surface area contributed by atoms with E-state index in [9.17, 15) is 4.79 Å². The number of rotatable bonds is 10. The van der Waals surface area contributed by atoms with Crippen LogP contribution in [-0.2, 0) is 20.9 Å². The molecule has 3 rings (SSSR count). The zero-order valence-corrected chi connectivity index (χ0v) is 23.8. The molecule has 0 fully saturated rings. The first kappa shape index (κ1) is 27.9. The molecule has 192 valence electrons. The van der Waals surface area contributed by atoms with Gasteiger partial charge in [0.15, 0.2) is 0 Å². The number of nitrogens with zero attached hydrogens (tertiary/aromatic N) is 1. The van der Waals surface area contributed by atoms with Crippen LogP contribution in [0.3, 0.4) is 0 Å². The first-order valence-corrected chi connectivity index (χ1v) is 14.9. The Bertz CT molecular complexity index is 974. The third-order valence-corrected chi connectivity index (χ3v) is 8.67. The Kier molecular flexibility index (Phi) is 10.0. The molecular weight excluding hydrogens is 474 g/mol. The van der Waals surface area contributed by atoms with Crippen molar-refractivity contribution in [3.05, 3.63) is 48.0 Å². The zero-order valence-electron chi connectivity index (χ0n) is 22.2. The summed E-state index contributed by atoms with van der Waals surface area (Å²) in [6, 6.07) is 15.4. The fraction of sp³-hybridized carbons (Fsp3) is 0.552. The van der Waals surface area contributed by atoms with Crippen molar-refractivity contribution in [2.75, 3.05) is 30.1 Å². The number of carbonyl (C=O) groups is 1. The Balaban J connectivity index is 1.91. The molecule has 0 N–H and O–H groups in total. The molecule has 1 aliphatic heterocycles. The minimum absolute atomic E-state index is 0.0403. The molecule has 1 atom stereocenters. The maximum Gasteiger partial charge on any atom is 0.332 e. The van der Waals surface area contributed by atoms with E-state index in [2.05, 4.69) is 67.5 Å². The summed E-state index contributed by atoms with van der Waals surface area (Å²) in [5.41, 5.74) is 3.40. The summed E-state index contributed by atoms with van der Waals surface area (Å²) in [4.78, 5) is 17.1. The van der Waals surface area contributed by atoms with Crippen molar-refractivity contribution in [2.45, 2.75) is 82.3 Å². The maximum absolute atomic E-state index is 12.1. The van der Waals surface area contributed by atoms with Crippen LogP contribution in [0.15, 0.2) is 52.3 Å². The molecular formula is C29H41NO3S2. The number of carbonyl (C=O) groups excluding carboxylic acids is 1. The number of thioether (sulfide) groups is 2. The highest BCUT2D eigenvalue weighted by Crippen LogP contribution is 2.48. The topological polar surface area (TPSA) is 38.8 Å². The normalized spacial score (nSPS) is 18.2. The van der Waals surface area contributed by atoms with E-state index in [4.69, 9.17) is 9.47 Å². The third-order valence-electron chi connectivity index (χ3n) is 6.46. The van der Waals surface area contributed by atoms with Gasteiger partial charge in [-0.15, -0.1) is 23.5 Å². The molecule has 0 aliphatic carbocycles. The number of hydrogen-bond donors (Lipinski definition) is 0. The highest BCUT2D eigenvalue weighted by Gasteiger charge is 2.35. The van der Waals surface area contributed by atoms with Gasteiger partial charge in [0.1, 0.15) is 12.2 Å². The zero-order chi connectivity index (χ0) is 25.5. The van der Waals surface area contributed by atoms with Gasteiger partial charge in [0, 0.05) is 27.8 Å². The van der Waals surface area contributed by atoms with E-state index in [0.717, 1.165) is 17.9 Å². The molecule has 0 saturated carbocycles. The molecule has 1 unspecified atom stereocenters. The van der Waals surface area contributed by atoms with Crippen LogP contribution in [0, 0.1) is 5.41 Å². The first-order valence-electron chi connectivity index (χ1n) is 12.7. The van der Waals surface area contributed by atoms with Gasteiger partial charge in [0.2, 0.25) is 0 Å². The summed E-state index contributed by atoms with van der Waals surface area (Å²) < 4.78 is 11.2. The van der Waals surface area contributed by atoms with Crippen LogP contribution in [0.5, 0.6) is 0 Å². The molecule has 0 saturated heterocycles. The number of unbranched alkanes of at least 4 members (excludes halogenated alkanes) is 1. The van der Waals surface area contributed by atoms with E-state index in [1.54, 1.807) is 11.8 Å². The Hall–Kier alpha value is -1.63. The number of para-hydroxylation sites is 1. The Labute approximate surface area is 220 Å². The minimum Gasteiger partial charge on any atom is -0.458 e. The smallest absolute Gasteiger partial charge is 0.332 e. The average molecular weight is 516 g/mol. The largest absolute Gasteiger partial charge is 0.458 e. The van der Waals surface area contributed by atoms with Gasteiger partial charge in [-0.3, -0.25) is 0 Å². The van der Waals surface area contributed by atoms with E-state index in [-0.39, 0.29) is 18.0 Å². The van der Waals surface area contributed by atoms with E-state index in [0.29, 0.717) is 6.61 Å². The standard InChI is InChI=1S/C29H41NO3S2/c1-7-9-15-29(8-2)20-30(23-13-11-10-12-14-23)24-17-25(34-6)22(16-26(24)35-21-29)18-32-19-27(31)33-28(3,4)5/h10-14,16-17H,7-9,15,18-21H2,1-6H3. The number of fused-ring (bicyclic) bond motifs is 1. The van der Waals surface area contributed by atoms with Crippen LogP contribution in [-0.4, -0.2) is 36.7 Å². The van der Waals surface area contributed by atoms with Gasteiger partial charge in [0.25, 0.3) is 0 Å². The predicted molar refractivity (Wildman–Crippen MR) is 150 cm³/mol. The van der Waals surface area contributed by atoms with Crippen molar-refractivity contribution in [1.29, 1.82) is 0 Å². The van der Waals surface area contributed by atoms with Gasteiger partial charge in [-0.2, -0.15) is 0 Å². The second-order valence-corrected chi connectivity index (χ2v) is 12.2. The van der Waals surface area contributed by atoms with Gasteiger partial charge in [-0.05, 0) is 75.1 Å². The van der Waals surface area contributed by atoms with Crippen molar-refractivity contribution in [3.8, 4) is 0 Å². The summed E-state index contributed by atoms with van der Waals surface area (Å²) in [5, 5.41) is 0. The second kappa shape index (κ2) is 12.6.